The number of urea groups is 1. The average molecular weight is 653 g/mol. The van der Waals surface area contributed by atoms with E-state index in [1.54, 1.807) is 30.0 Å². The smallest absolute Gasteiger partial charge is 0.326 e. The summed E-state index contributed by atoms with van der Waals surface area (Å²) in [5.41, 5.74) is 5.28. The van der Waals surface area contributed by atoms with Gasteiger partial charge in [0.15, 0.2) is 0 Å². The Hall–Kier alpha value is -4.34. The average Bonchev–Trinajstić information content (AvgIpc) is 3.43. The Kier molecular flexibility index (Phi) is 11.0. The molecule has 0 saturated heterocycles. The predicted molar refractivity (Wildman–Crippen MR) is 187 cm³/mol. The van der Waals surface area contributed by atoms with Crippen LogP contribution in [0, 0.1) is 0 Å². The Balaban J connectivity index is 1.37. The highest BCUT2D eigenvalue weighted by atomic mass is 32.2. The van der Waals surface area contributed by atoms with Crippen molar-refractivity contribution in [3.63, 3.8) is 0 Å². The second-order valence-electron chi connectivity index (χ2n) is 11.1. The van der Waals surface area contributed by atoms with Crippen LogP contribution in [0.4, 0.5) is 4.79 Å². The number of hydrogen-bond acceptors (Lipinski definition) is 5. The topological polar surface area (TPSA) is 93.1 Å². The first-order valence-electron chi connectivity index (χ1n) is 15.6. The highest BCUT2D eigenvalue weighted by molar-refractivity contribution is 7.98. The SMILES string of the molecule is CCCCc1nc(SC)c(CC)n1Cc1ccc(-c2ccccc2S(=O)(=O)NC(=O)NC(c2ccccc2)c2ccccc2)cc1. The third kappa shape index (κ3) is 7.71. The summed E-state index contributed by atoms with van der Waals surface area (Å²) < 4.78 is 31.9. The number of imidazole rings is 1. The van der Waals surface area contributed by atoms with Gasteiger partial charge >= 0.3 is 6.03 Å². The summed E-state index contributed by atoms with van der Waals surface area (Å²) >= 11 is 1.68. The minimum Gasteiger partial charge on any atom is -0.326 e. The van der Waals surface area contributed by atoms with Crippen LogP contribution in [0.5, 0.6) is 0 Å². The molecule has 2 N–H and O–H groups in total. The van der Waals surface area contributed by atoms with E-state index in [0.717, 1.165) is 58.8 Å². The molecule has 1 aromatic heterocycles. The van der Waals surface area contributed by atoms with E-state index in [9.17, 15) is 13.2 Å². The fraction of sp³-hybridized carbons (Fsp3) is 0.243. The first-order valence-corrected chi connectivity index (χ1v) is 18.3. The van der Waals surface area contributed by atoms with Crippen LogP contribution in [-0.2, 0) is 29.4 Å². The van der Waals surface area contributed by atoms with Crippen LogP contribution in [0.1, 0.15) is 60.9 Å². The lowest BCUT2D eigenvalue weighted by Crippen LogP contribution is -2.41. The van der Waals surface area contributed by atoms with Crippen molar-refractivity contribution < 1.29 is 13.2 Å². The van der Waals surface area contributed by atoms with E-state index in [2.05, 4.69) is 34.7 Å². The number of carbonyl (C=O) groups is 1. The molecule has 0 saturated carbocycles. The van der Waals surface area contributed by atoms with Crippen molar-refractivity contribution >= 4 is 27.8 Å². The van der Waals surface area contributed by atoms with Crippen LogP contribution in [0.25, 0.3) is 11.1 Å². The number of aryl methyl sites for hydroxylation is 1. The lowest BCUT2D eigenvalue weighted by atomic mass is 9.99. The minimum absolute atomic E-state index is 0.0308. The third-order valence-electron chi connectivity index (χ3n) is 7.95. The van der Waals surface area contributed by atoms with E-state index < -0.39 is 22.1 Å². The normalized spacial score (nSPS) is 11.5. The largest absolute Gasteiger partial charge is 0.329 e. The van der Waals surface area contributed by atoms with Crippen molar-refractivity contribution in [2.75, 3.05) is 6.26 Å². The zero-order valence-corrected chi connectivity index (χ0v) is 28.1. The molecule has 2 amide bonds. The highest BCUT2D eigenvalue weighted by Crippen LogP contribution is 2.29. The van der Waals surface area contributed by atoms with Gasteiger partial charge in [-0.2, -0.15) is 0 Å². The maximum atomic E-state index is 13.6. The molecule has 46 heavy (non-hydrogen) atoms. The molecule has 0 fully saturated rings. The number of benzene rings is 4. The Bertz CT molecular complexity index is 1820. The van der Waals surface area contributed by atoms with Crippen LogP contribution < -0.4 is 10.0 Å². The molecule has 238 valence electrons. The summed E-state index contributed by atoms with van der Waals surface area (Å²) in [6, 6.07) is 32.3. The second kappa shape index (κ2) is 15.3. The standard InChI is InChI=1S/C37H40N4O3S2/c1-4-6-21-34-38-36(45-3)32(5-2)41(34)26-27-22-24-28(25-23-27)31-19-13-14-20-33(31)46(43,44)40-37(42)39-35(29-15-9-7-10-16-29)30-17-11-8-12-18-30/h7-20,22-25,35H,4-6,21,26H2,1-3H3,(H2,39,40,42). The molecule has 0 bridgehead atoms. The van der Waals surface area contributed by atoms with Crippen molar-refractivity contribution in [3.05, 3.63) is 137 Å². The lowest BCUT2D eigenvalue weighted by Gasteiger charge is -2.20. The Morgan fingerprint density at radius 1 is 0.848 bits per heavy atom. The number of carbonyl (C=O) groups excluding carboxylic acids is 1. The van der Waals surface area contributed by atoms with E-state index in [1.807, 2.05) is 84.9 Å². The molecule has 4 aromatic carbocycles. The zero-order chi connectivity index (χ0) is 32.5. The number of unbranched alkanes of at least 4 members (excludes halogenated alkanes) is 1. The number of rotatable bonds is 13. The van der Waals surface area contributed by atoms with Crippen LogP contribution in [0.3, 0.4) is 0 Å². The van der Waals surface area contributed by atoms with Crippen molar-refractivity contribution in [2.45, 2.75) is 62.0 Å². The second-order valence-corrected chi connectivity index (χ2v) is 13.5. The summed E-state index contributed by atoms with van der Waals surface area (Å²) in [4.78, 5) is 18.2. The molecule has 7 nitrogen and oxygen atoms in total. The van der Waals surface area contributed by atoms with E-state index in [-0.39, 0.29) is 4.90 Å². The van der Waals surface area contributed by atoms with E-state index >= 15 is 0 Å². The van der Waals surface area contributed by atoms with E-state index in [0.29, 0.717) is 12.1 Å². The number of amides is 2. The van der Waals surface area contributed by atoms with Crippen molar-refractivity contribution in [3.8, 4) is 11.1 Å². The van der Waals surface area contributed by atoms with Gasteiger partial charge in [0.25, 0.3) is 10.0 Å². The maximum Gasteiger partial charge on any atom is 0.329 e. The molecule has 0 spiro atoms. The molecule has 0 aliphatic heterocycles. The van der Waals surface area contributed by atoms with Crippen LogP contribution in [0.15, 0.2) is 119 Å². The van der Waals surface area contributed by atoms with Gasteiger partial charge in [0, 0.05) is 18.5 Å². The number of thioether (sulfide) groups is 1. The van der Waals surface area contributed by atoms with E-state index in [4.69, 9.17) is 4.98 Å². The quantitative estimate of drug-likeness (QED) is 0.126. The van der Waals surface area contributed by atoms with Gasteiger partial charge in [-0.1, -0.05) is 123 Å². The molecule has 0 radical (unpaired) electrons. The van der Waals surface area contributed by atoms with Crippen LogP contribution in [0.2, 0.25) is 0 Å². The molecule has 0 aliphatic carbocycles. The predicted octanol–water partition coefficient (Wildman–Crippen LogP) is 8.00. The number of aromatic nitrogens is 2. The van der Waals surface area contributed by atoms with Gasteiger partial charge in [-0.25, -0.2) is 22.9 Å². The van der Waals surface area contributed by atoms with Crippen molar-refractivity contribution in [1.82, 2.24) is 19.6 Å². The summed E-state index contributed by atoms with van der Waals surface area (Å²) in [5.74, 6) is 1.11. The summed E-state index contributed by atoms with van der Waals surface area (Å²) in [6.07, 6.45) is 6.10. The monoisotopic (exact) mass is 652 g/mol. The van der Waals surface area contributed by atoms with Gasteiger partial charge in [0.05, 0.1) is 16.6 Å². The van der Waals surface area contributed by atoms with Gasteiger partial charge in [0.1, 0.15) is 10.9 Å². The molecular formula is C37H40N4O3S2. The molecule has 5 rings (SSSR count). The summed E-state index contributed by atoms with van der Waals surface area (Å²) in [6.45, 7) is 5.05. The molecule has 0 unspecified atom stereocenters. The van der Waals surface area contributed by atoms with Crippen LogP contribution >= 0.6 is 11.8 Å². The van der Waals surface area contributed by atoms with Gasteiger partial charge in [-0.05, 0) is 47.4 Å². The van der Waals surface area contributed by atoms with E-state index in [1.165, 1.54) is 11.8 Å². The number of nitrogens with one attached hydrogen (secondary N) is 2. The summed E-state index contributed by atoms with van der Waals surface area (Å²) in [7, 11) is -4.21. The first-order chi connectivity index (χ1) is 22.3. The Labute approximate surface area is 276 Å². The van der Waals surface area contributed by atoms with Crippen molar-refractivity contribution in [2.24, 2.45) is 0 Å². The maximum absolute atomic E-state index is 13.6. The van der Waals surface area contributed by atoms with Gasteiger partial charge in [0.2, 0.25) is 0 Å². The minimum atomic E-state index is -4.21. The van der Waals surface area contributed by atoms with Crippen LogP contribution in [-0.4, -0.2) is 30.3 Å². The third-order valence-corrected chi connectivity index (χ3v) is 10.1. The number of sulfonamides is 1. The Morgan fingerprint density at radius 3 is 2.04 bits per heavy atom. The fourth-order valence-corrected chi connectivity index (χ4v) is 7.46. The lowest BCUT2D eigenvalue weighted by molar-refractivity contribution is 0.243. The number of nitrogens with zero attached hydrogens (tertiary/aromatic N) is 2. The van der Waals surface area contributed by atoms with Gasteiger partial charge in [-0.15, -0.1) is 11.8 Å². The molecular weight excluding hydrogens is 613 g/mol. The van der Waals surface area contributed by atoms with Gasteiger partial charge < -0.3 is 9.88 Å². The highest BCUT2D eigenvalue weighted by Gasteiger charge is 2.24. The molecule has 1 heterocycles. The molecule has 0 aliphatic rings. The fourth-order valence-electron chi connectivity index (χ4n) is 5.63. The van der Waals surface area contributed by atoms with Crippen molar-refractivity contribution in [1.29, 1.82) is 0 Å². The molecule has 0 atom stereocenters. The Morgan fingerprint density at radius 2 is 1.46 bits per heavy atom. The zero-order valence-electron chi connectivity index (χ0n) is 26.4. The first kappa shape index (κ1) is 33.0. The molecule has 9 heteroatoms. The number of hydrogen-bond donors (Lipinski definition) is 2. The molecule has 5 aromatic rings. The van der Waals surface area contributed by atoms with Gasteiger partial charge in [-0.3, -0.25) is 0 Å². The summed E-state index contributed by atoms with van der Waals surface area (Å²) in [5, 5.41) is 3.94.